The quantitative estimate of drug-likeness (QED) is 0.593. The van der Waals surface area contributed by atoms with Crippen LogP contribution in [0.25, 0.3) is 11.0 Å². The molecule has 0 radical (unpaired) electrons. The van der Waals surface area contributed by atoms with Crippen LogP contribution in [0, 0.1) is 6.92 Å². The van der Waals surface area contributed by atoms with E-state index in [1.54, 1.807) is 6.26 Å². The second-order valence-corrected chi connectivity index (χ2v) is 6.41. The van der Waals surface area contributed by atoms with Crippen LogP contribution in [0.2, 0.25) is 0 Å². The van der Waals surface area contributed by atoms with E-state index in [2.05, 4.69) is 18.2 Å². The third-order valence-corrected chi connectivity index (χ3v) is 4.64. The highest BCUT2D eigenvalue weighted by atomic mass is 16.5. The Morgan fingerprint density at radius 2 is 1.67 bits per heavy atom. The van der Waals surface area contributed by atoms with E-state index in [1.165, 1.54) is 30.4 Å². The Morgan fingerprint density at radius 3 is 2.54 bits per heavy atom. The second kappa shape index (κ2) is 6.60. The largest absolute Gasteiger partial charge is 0.493 e. The lowest BCUT2D eigenvalue weighted by Gasteiger charge is -2.09. The molecule has 0 saturated carbocycles. The molecule has 24 heavy (non-hydrogen) atoms. The Morgan fingerprint density at radius 1 is 0.917 bits per heavy atom. The lowest BCUT2D eigenvalue weighted by atomic mass is 10.1. The summed E-state index contributed by atoms with van der Waals surface area (Å²) in [4.78, 5) is 0. The number of benzene rings is 2. The van der Waals surface area contributed by atoms with Crippen LogP contribution in [0.1, 0.15) is 29.5 Å². The second-order valence-electron chi connectivity index (χ2n) is 6.41. The highest BCUT2D eigenvalue weighted by Crippen LogP contribution is 2.26. The van der Waals surface area contributed by atoms with Crippen molar-refractivity contribution in [3.63, 3.8) is 0 Å². The van der Waals surface area contributed by atoms with Crippen molar-refractivity contribution in [2.45, 2.75) is 32.6 Å². The van der Waals surface area contributed by atoms with Crippen LogP contribution >= 0.6 is 0 Å². The van der Waals surface area contributed by atoms with Gasteiger partial charge in [-0.2, -0.15) is 0 Å². The van der Waals surface area contributed by atoms with Gasteiger partial charge < -0.3 is 13.9 Å². The normalized spacial score (nSPS) is 13.2. The Bertz CT molecular complexity index is 847. The van der Waals surface area contributed by atoms with Crippen molar-refractivity contribution in [1.82, 2.24) is 0 Å². The van der Waals surface area contributed by atoms with E-state index in [-0.39, 0.29) is 0 Å². The van der Waals surface area contributed by atoms with Crippen molar-refractivity contribution < 1.29 is 13.9 Å². The zero-order chi connectivity index (χ0) is 16.4. The third kappa shape index (κ3) is 3.12. The van der Waals surface area contributed by atoms with Crippen molar-refractivity contribution in [2.75, 3.05) is 13.2 Å². The molecular formula is C21H22O3. The van der Waals surface area contributed by atoms with Gasteiger partial charge in [-0.15, -0.1) is 0 Å². The van der Waals surface area contributed by atoms with Crippen LogP contribution in [0.5, 0.6) is 11.5 Å². The van der Waals surface area contributed by atoms with Gasteiger partial charge in [0.2, 0.25) is 0 Å². The first kappa shape index (κ1) is 15.1. The average Bonchev–Trinajstić information content (AvgIpc) is 3.21. The molecule has 0 fully saturated rings. The number of rotatable bonds is 6. The van der Waals surface area contributed by atoms with Gasteiger partial charge in [-0.1, -0.05) is 6.07 Å². The average molecular weight is 322 g/mol. The molecule has 0 unspecified atom stereocenters. The van der Waals surface area contributed by atoms with E-state index in [9.17, 15) is 0 Å². The molecule has 1 aliphatic rings. The van der Waals surface area contributed by atoms with Crippen LogP contribution in [0.4, 0.5) is 0 Å². The van der Waals surface area contributed by atoms with Gasteiger partial charge in [0.05, 0.1) is 19.5 Å². The molecule has 0 bridgehead atoms. The molecule has 3 heteroatoms. The standard InChI is InChI=1S/C21H22O3/c1-15-14-24-21-13-19(8-9-20(15)21)23-11-3-10-22-18-7-6-16-4-2-5-17(16)12-18/h6-9,12-14H,2-5,10-11H2,1H3. The fourth-order valence-corrected chi connectivity index (χ4v) is 3.31. The van der Waals surface area contributed by atoms with Crippen LogP contribution in [-0.2, 0) is 12.8 Å². The zero-order valence-electron chi connectivity index (χ0n) is 14.0. The summed E-state index contributed by atoms with van der Waals surface area (Å²) in [7, 11) is 0. The molecule has 3 aromatic rings. The van der Waals surface area contributed by atoms with Crippen molar-refractivity contribution in [1.29, 1.82) is 0 Å². The fourth-order valence-electron chi connectivity index (χ4n) is 3.31. The summed E-state index contributed by atoms with van der Waals surface area (Å²) in [5.41, 5.74) is 4.96. The Kier molecular flexibility index (Phi) is 4.16. The van der Waals surface area contributed by atoms with E-state index in [0.29, 0.717) is 13.2 Å². The van der Waals surface area contributed by atoms with Crippen LogP contribution in [-0.4, -0.2) is 13.2 Å². The summed E-state index contributed by atoms with van der Waals surface area (Å²) in [6.07, 6.45) is 6.30. The van der Waals surface area contributed by atoms with Crippen molar-refractivity contribution in [3.05, 3.63) is 59.4 Å². The molecule has 4 rings (SSSR count). The number of ether oxygens (including phenoxy) is 2. The molecule has 124 valence electrons. The molecule has 0 saturated heterocycles. The lowest BCUT2D eigenvalue weighted by Crippen LogP contribution is -2.05. The van der Waals surface area contributed by atoms with E-state index in [1.807, 2.05) is 25.1 Å². The predicted octanol–water partition coefficient (Wildman–Crippen LogP) is 5.08. The molecule has 0 spiro atoms. The topological polar surface area (TPSA) is 31.6 Å². The molecule has 0 aliphatic heterocycles. The number of aryl methyl sites for hydroxylation is 3. The highest BCUT2D eigenvalue weighted by molar-refractivity contribution is 5.82. The summed E-state index contributed by atoms with van der Waals surface area (Å²) < 4.78 is 17.1. The minimum atomic E-state index is 0.635. The van der Waals surface area contributed by atoms with Gasteiger partial charge in [0.15, 0.2) is 0 Å². The van der Waals surface area contributed by atoms with E-state index in [0.717, 1.165) is 34.5 Å². The van der Waals surface area contributed by atoms with Gasteiger partial charge in [-0.05, 0) is 67.1 Å². The molecule has 1 heterocycles. The van der Waals surface area contributed by atoms with Crippen molar-refractivity contribution in [2.24, 2.45) is 0 Å². The van der Waals surface area contributed by atoms with Crippen molar-refractivity contribution >= 4 is 11.0 Å². The molecule has 1 aromatic heterocycles. The smallest absolute Gasteiger partial charge is 0.137 e. The monoisotopic (exact) mass is 322 g/mol. The van der Waals surface area contributed by atoms with E-state index < -0.39 is 0 Å². The first-order valence-electron chi connectivity index (χ1n) is 8.65. The SMILES string of the molecule is Cc1coc2cc(OCCCOc3ccc4c(c3)CCC4)ccc12. The van der Waals surface area contributed by atoms with Gasteiger partial charge >= 0.3 is 0 Å². The van der Waals surface area contributed by atoms with Gasteiger partial charge in [-0.25, -0.2) is 0 Å². The van der Waals surface area contributed by atoms with Gasteiger partial charge in [0.25, 0.3) is 0 Å². The molecule has 2 aromatic carbocycles. The Balaban J connectivity index is 1.25. The van der Waals surface area contributed by atoms with Gasteiger partial charge in [0, 0.05) is 17.9 Å². The van der Waals surface area contributed by atoms with E-state index in [4.69, 9.17) is 13.9 Å². The predicted molar refractivity (Wildman–Crippen MR) is 95.0 cm³/mol. The summed E-state index contributed by atoms with van der Waals surface area (Å²) in [6.45, 7) is 3.35. The van der Waals surface area contributed by atoms with Crippen LogP contribution in [0.15, 0.2) is 47.1 Å². The summed E-state index contributed by atoms with van der Waals surface area (Å²) in [5.74, 6) is 1.82. The van der Waals surface area contributed by atoms with Crippen molar-refractivity contribution in [3.8, 4) is 11.5 Å². The fraction of sp³-hybridized carbons (Fsp3) is 0.333. The molecular weight excluding hydrogens is 300 g/mol. The minimum Gasteiger partial charge on any atom is -0.493 e. The van der Waals surface area contributed by atoms with Crippen LogP contribution < -0.4 is 9.47 Å². The Labute approximate surface area is 142 Å². The number of furan rings is 1. The molecule has 0 amide bonds. The maximum Gasteiger partial charge on any atom is 0.137 e. The summed E-state index contributed by atoms with van der Waals surface area (Å²) in [5, 5.41) is 1.14. The number of fused-ring (bicyclic) bond motifs is 2. The number of hydrogen-bond donors (Lipinski definition) is 0. The molecule has 0 N–H and O–H groups in total. The maximum atomic E-state index is 5.84. The van der Waals surface area contributed by atoms with E-state index >= 15 is 0 Å². The first-order valence-corrected chi connectivity index (χ1v) is 8.65. The molecule has 0 atom stereocenters. The first-order chi connectivity index (χ1) is 11.8. The van der Waals surface area contributed by atoms with Gasteiger partial charge in [-0.3, -0.25) is 0 Å². The summed E-state index contributed by atoms with van der Waals surface area (Å²) in [6, 6.07) is 12.5. The van der Waals surface area contributed by atoms with Crippen LogP contribution in [0.3, 0.4) is 0 Å². The zero-order valence-corrected chi connectivity index (χ0v) is 14.0. The minimum absolute atomic E-state index is 0.635. The maximum absolute atomic E-state index is 5.84. The highest BCUT2D eigenvalue weighted by Gasteiger charge is 2.11. The third-order valence-electron chi connectivity index (χ3n) is 4.64. The number of hydrogen-bond acceptors (Lipinski definition) is 3. The summed E-state index contributed by atoms with van der Waals surface area (Å²) >= 11 is 0. The Hall–Kier alpha value is -2.42. The molecule has 3 nitrogen and oxygen atoms in total. The van der Waals surface area contributed by atoms with Gasteiger partial charge in [0.1, 0.15) is 17.1 Å². The molecule has 1 aliphatic carbocycles. The lowest BCUT2D eigenvalue weighted by molar-refractivity contribution is 0.247.